The van der Waals surface area contributed by atoms with Gasteiger partial charge in [0.2, 0.25) is 0 Å². The molecule has 4 rings (SSSR count). The number of carbonyl (C=O) groups excluding carboxylic acids is 3. The molecule has 0 fully saturated rings. The predicted octanol–water partition coefficient (Wildman–Crippen LogP) is 4.62. The molecule has 2 N–H and O–H groups in total. The molecule has 1 aliphatic heterocycles. The Labute approximate surface area is 215 Å². The fourth-order valence-electron chi connectivity index (χ4n) is 4.13. The van der Waals surface area contributed by atoms with Gasteiger partial charge in [-0.15, -0.1) is 0 Å². The largest absolute Gasteiger partial charge is 0.497 e. The van der Waals surface area contributed by atoms with E-state index in [1.165, 1.54) is 12.0 Å². The lowest BCUT2D eigenvalue weighted by molar-refractivity contribution is -0.146. The summed E-state index contributed by atoms with van der Waals surface area (Å²) in [4.78, 5) is 40.8. The second-order valence-corrected chi connectivity index (χ2v) is 8.73. The van der Waals surface area contributed by atoms with Crippen LogP contribution in [0.2, 0.25) is 0 Å². The number of hydrogen-bond donors (Lipinski definition) is 2. The van der Waals surface area contributed by atoms with Crippen molar-refractivity contribution in [2.75, 3.05) is 23.9 Å². The highest BCUT2D eigenvalue weighted by Crippen LogP contribution is 2.35. The third-order valence-corrected chi connectivity index (χ3v) is 5.70. The number of urea groups is 1. The molecule has 0 saturated heterocycles. The van der Waals surface area contributed by atoms with E-state index in [2.05, 4.69) is 10.6 Å². The van der Waals surface area contributed by atoms with Crippen LogP contribution in [0.3, 0.4) is 0 Å². The van der Waals surface area contributed by atoms with Crippen LogP contribution >= 0.6 is 0 Å². The quantitative estimate of drug-likeness (QED) is 0.463. The highest BCUT2D eigenvalue weighted by Gasteiger charge is 2.33. The van der Waals surface area contributed by atoms with Crippen molar-refractivity contribution >= 4 is 34.9 Å². The number of para-hydroxylation sites is 1. The Hall–Kier alpha value is -4.59. The number of methoxy groups -OCH3 is 1. The first kappa shape index (κ1) is 25.5. The first-order valence-corrected chi connectivity index (χ1v) is 11.9. The maximum Gasteiger partial charge on any atom is 0.326 e. The van der Waals surface area contributed by atoms with Crippen LogP contribution in [0, 0.1) is 0 Å². The summed E-state index contributed by atoms with van der Waals surface area (Å²) < 4.78 is 10.5. The summed E-state index contributed by atoms with van der Waals surface area (Å²) in [6.07, 6.45) is 1.39. The van der Waals surface area contributed by atoms with Crippen LogP contribution in [0.5, 0.6) is 5.75 Å². The molecule has 0 aliphatic carbocycles. The molecule has 0 saturated carbocycles. The molecule has 8 heteroatoms. The Balaban J connectivity index is 1.71. The summed E-state index contributed by atoms with van der Waals surface area (Å²) in [5.41, 5.74) is 3.45. The van der Waals surface area contributed by atoms with E-state index in [0.29, 0.717) is 17.1 Å². The predicted molar refractivity (Wildman–Crippen MR) is 142 cm³/mol. The van der Waals surface area contributed by atoms with E-state index in [1.807, 2.05) is 42.5 Å². The average Bonchev–Trinajstić information content (AvgIpc) is 2.99. The zero-order valence-electron chi connectivity index (χ0n) is 20.9. The van der Waals surface area contributed by atoms with Crippen LogP contribution < -0.4 is 20.3 Å². The van der Waals surface area contributed by atoms with Gasteiger partial charge in [0.25, 0.3) is 5.91 Å². The summed E-state index contributed by atoms with van der Waals surface area (Å²) in [6.45, 7) is 3.20. The summed E-state index contributed by atoms with van der Waals surface area (Å²) in [5, 5.41) is 5.50. The SMILES string of the molecule is COc1cccc(NC(=O)NC2C=C(c3ccccc3)c3ccccc3N(CC(=O)OC(C)C)C2=O)c1. The molecule has 0 spiro atoms. The van der Waals surface area contributed by atoms with E-state index < -0.39 is 23.9 Å². The van der Waals surface area contributed by atoms with Gasteiger partial charge in [0, 0.05) is 17.3 Å². The fourth-order valence-corrected chi connectivity index (χ4v) is 4.13. The number of nitrogens with one attached hydrogen (secondary N) is 2. The number of hydrogen-bond acceptors (Lipinski definition) is 5. The van der Waals surface area contributed by atoms with Crippen molar-refractivity contribution in [3.8, 4) is 5.75 Å². The van der Waals surface area contributed by atoms with Crippen molar-refractivity contribution in [2.24, 2.45) is 0 Å². The molecule has 1 atom stereocenters. The second-order valence-electron chi connectivity index (χ2n) is 8.73. The molecule has 190 valence electrons. The van der Waals surface area contributed by atoms with Crippen LogP contribution in [0.4, 0.5) is 16.2 Å². The maximum absolute atomic E-state index is 13.8. The summed E-state index contributed by atoms with van der Waals surface area (Å²) in [7, 11) is 1.54. The number of benzene rings is 3. The van der Waals surface area contributed by atoms with E-state index in [1.54, 1.807) is 56.3 Å². The summed E-state index contributed by atoms with van der Waals surface area (Å²) in [6, 6.07) is 22.2. The second kappa shape index (κ2) is 11.4. The Morgan fingerprint density at radius 2 is 1.70 bits per heavy atom. The molecule has 1 unspecified atom stereocenters. The number of ether oxygens (including phenoxy) is 2. The zero-order chi connectivity index (χ0) is 26.4. The topological polar surface area (TPSA) is 97.0 Å². The smallest absolute Gasteiger partial charge is 0.326 e. The normalized spacial score (nSPS) is 14.8. The maximum atomic E-state index is 13.8. The number of amides is 3. The Morgan fingerprint density at radius 3 is 2.43 bits per heavy atom. The van der Waals surface area contributed by atoms with Crippen molar-refractivity contribution < 1.29 is 23.9 Å². The van der Waals surface area contributed by atoms with E-state index in [4.69, 9.17) is 9.47 Å². The molecule has 0 radical (unpaired) electrons. The lowest BCUT2D eigenvalue weighted by Gasteiger charge is -2.26. The highest BCUT2D eigenvalue weighted by atomic mass is 16.5. The summed E-state index contributed by atoms with van der Waals surface area (Å²) >= 11 is 0. The standard InChI is InChI=1S/C29H29N3O5/c1-19(2)37-27(33)18-32-26-15-8-7-14-23(26)24(20-10-5-4-6-11-20)17-25(28(32)34)31-29(35)30-21-12-9-13-22(16-21)36-3/h4-17,19,25H,18H2,1-3H3,(H2,30,31,35). The third-order valence-electron chi connectivity index (χ3n) is 5.70. The Morgan fingerprint density at radius 1 is 0.973 bits per heavy atom. The number of rotatable bonds is 7. The number of anilines is 2. The molecule has 1 heterocycles. The molecule has 0 aromatic heterocycles. The first-order valence-electron chi connectivity index (χ1n) is 11.9. The lowest BCUT2D eigenvalue weighted by atomic mass is 9.95. The molecule has 0 bridgehead atoms. The van der Waals surface area contributed by atoms with Crippen molar-refractivity contribution in [2.45, 2.75) is 26.0 Å². The van der Waals surface area contributed by atoms with Gasteiger partial charge in [0.05, 0.1) is 18.9 Å². The number of nitrogens with zero attached hydrogens (tertiary/aromatic N) is 1. The van der Waals surface area contributed by atoms with Crippen LogP contribution in [0.15, 0.2) is 84.9 Å². The van der Waals surface area contributed by atoms with E-state index in [0.717, 1.165) is 16.7 Å². The van der Waals surface area contributed by atoms with Gasteiger partial charge < -0.3 is 20.1 Å². The Bertz CT molecular complexity index is 1320. The van der Waals surface area contributed by atoms with E-state index in [9.17, 15) is 14.4 Å². The molecule has 1 aliphatic rings. The van der Waals surface area contributed by atoms with Crippen molar-refractivity contribution in [3.63, 3.8) is 0 Å². The molecular formula is C29H29N3O5. The first-order chi connectivity index (χ1) is 17.9. The number of esters is 1. The molecule has 3 amide bonds. The molecule has 8 nitrogen and oxygen atoms in total. The van der Waals surface area contributed by atoms with Gasteiger partial charge in [-0.25, -0.2) is 4.79 Å². The minimum absolute atomic E-state index is 0.292. The zero-order valence-corrected chi connectivity index (χ0v) is 20.9. The van der Waals surface area contributed by atoms with Gasteiger partial charge in [-0.05, 0) is 49.3 Å². The molecule has 3 aromatic rings. The van der Waals surface area contributed by atoms with Crippen LogP contribution in [0.25, 0.3) is 5.57 Å². The van der Waals surface area contributed by atoms with Gasteiger partial charge in [0.15, 0.2) is 0 Å². The van der Waals surface area contributed by atoms with Crippen molar-refractivity contribution in [1.29, 1.82) is 0 Å². The molecule has 3 aromatic carbocycles. The van der Waals surface area contributed by atoms with Gasteiger partial charge in [-0.3, -0.25) is 14.5 Å². The third kappa shape index (κ3) is 6.16. The highest BCUT2D eigenvalue weighted by molar-refractivity contribution is 6.09. The van der Waals surface area contributed by atoms with Crippen LogP contribution in [-0.4, -0.2) is 43.7 Å². The van der Waals surface area contributed by atoms with Gasteiger partial charge in [0.1, 0.15) is 18.3 Å². The van der Waals surface area contributed by atoms with Crippen LogP contribution in [0.1, 0.15) is 25.0 Å². The molecular weight excluding hydrogens is 470 g/mol. The number of fused-ring (bicyclic) bond motifs is 1. The monoisotopic (exact) mass is 499 g/mol. The van der Waals surface area contributed by atoms with Gasteiger partial charge in [-0.2, -0.15) is 0 Å². The van der Waals surface area contributed by atoms with E-state index >= 15 is 0 Å². The van der Waals surface area contributed by atoms with Gasteiger partial charge >= 0.3 is 12.0 Å². The van der Waals surface area contributed by atoms with Crippen LogP contribution in [-0.2, 0) is 14.3 Å². The minimum Gasteiger partial charge on any atom is -0.497 e. The van der Waals surface area contributed by atoms with Gasteiger partial charge in [-0.1, -0.05) is 54.6 Å². The number of carbonyl (C=O) groups is 3. The van der Waals surface area contributed by atoms with Crippen molar-refractivity contribution in [1.82, 2.24) is 5.32 Å². The lowest BCUT2D eigenvalue weighted by Crippen LogP contribution is -2.50. The van der Waals surface area contributed by atoms with Crippen molar-refractivity contribution in [3.05, 3.63) is 96.1 Å². The van der Waals surface area contributed by atoms with E-state index in [-0.39, 0.29) is 12.6 Å². The minimum atomic E-state index is -1.06. The molecule has 37 heavy (non-hydrogen) atoms. The Kier molecular flexibility index (Phi) is 7.88. The fraction of sp³-hybridized carbons (Fsp3) is 0.207. The summed E-state index contributed by atoms with van der Waals surface area (Å²) in [5.74, 6) is -0.416. The average molecular weight is 500 g/mol.